The van der Waals surface area contributed by atoms with E-state index in [4.69, 9.17) is 10.2 Å². The molecule has 3 N–H and O–H groups in total. The highest BCUT2D eigenvalue weighted by Crippen LogP contribution is 2.25. The van der Waals surface area contributed by atoms with Gasteiger partial charge in [-0.3, -0.25) is 4.79 Å². The van der Waals surface area contributed by atoms with Gasteiger partial charge < -0.3 is 20.0 Å². The number of hydrogen-bond acceptors (Lipinski definition) is 5. The maximum Gasteiger partial charge on any atom is 0.287 e. The smallest absolute Gasteiger partial charge is 0.287 e. The third kappa shape index (κ3) is 3.79. The number of nitrogens with two attached hydrogens (primary N) is 1. The third-order valence-corrected chi connectivity index (χ3v) is 5.36. The lowest BCUT2D eigenvalue weighted by Gasteiger charge is -2.18. The molecule has 2 aromatic heterocycles. The van der Waals surface area contributed by atoms with Crippen molar-refractivity contribution >= 4 is 17.7 Å². The van der Waals surface area contributed by atoms with E-state index in [-0.39, 0.29) is 11.9 Å². The molecule has 2 unspecified atom stereocenters. The van der Waals surface area contributed by atoms with Crippen molar-refractivity contribution in [3.05, 3.63) is 36.0 Å². The van der Waals surface area contributed by atoms with Gasteiger partial charge >= 0.3 is 0 Å². The Bertz CT molecular complexity index is 667. The number of nitrogens with zero attached hydrogens (tertiary/aromatic N) is 2. The van der Waals surface area contributed by atoms with Crippen molar-refractivity contribution in [2.45, 2.75) is 36.2 Å². The first kappa shape index (κ1) is 16.1. The highest BCUT2D eigenvalue weighted by molar-refractivity contribution is 7.98. The molecule has 1 fully saturated rings. The van der Waals surface area contributed by atoms with E-state index >= 15 is 0 Å². The number of furan rings is 1. The van der Waals surface area contributed by atoms with Gasteiger partial charge in [-0.2, -0.15) is 0 Å². The molecule has 1 aliphatic rings. The summed E-state index contributed by atoms with van der Waals surface area (Å²) in [4.78, 5) is 16.5. The van der Waals surface area contributed by atoms with Crippen molar-refractivity contribution in [3.8, 4) is 0 Å². The van der Waals surface area contributed by atoms with Crippen LogP contribution in [-0.2, 0) is 12.8 Å². The van der Waals surface area contributed by atoms with Crippen molar-refractivity contribution < 1.29 is 9.21 Å². The van der Waals surface area contributed by atoms with E-state index in [9.17, 15) is 4.79 Å². The largest absolute Gasteiger partial charge is 0.455 e. The Labute approximate surface area is 139 Å². The standard InChI is InChI=1S/C16H22N4O2S/c1-20-8-7-18-16(20)23-10-12-5-6-14(22-12)15(21)19-13-4-2-3-11(13)9-17/h5-8,11,13H,2-4,9-10,17H2,1H3,(H,19,21). The highest BCUT2D eigenvalue weighted by atomic mass is 32.2. The third-order valence-electron chi connectivity index (χ3n) is 4.28. The number of aromatic nitrogens is 2. The summed E-state index contributed by atoms with van der Waals surface area (Å²) in [5, 5.41) is 3.97. The van der Waals surface area contributed by atoms with Crippen LogP contribution in [0.15, 0.2) is 34.1 Å². The fourth-order valence-corrected chi connectivity index (χ4v) is 3.78. The SMILES string of the molecule is Cn1ccnc1SCc1ccc(C(=O)NC2CCCC2CN)o1. The van der Waals surface area contributed by atoms with Crippen LogP contribution in [0.4, 0.5) is 0 Å². The average molecular weight is 334 g/mol. The summed E-state index contributed by atoms with van der Waals surface area (Å²) in [7, 11) is 1.95. The van der Waals surface area contributed by atoms with E-state index < -0.39 is 0 Å². The van der Waals surface area contributed by atoms with Crippen molar-refractivity contribution in [2.24, 2.45) is 18.7 Å². The molecule has 1 aliphatic carbocycles. The van der Waals surface area contributed by atoms with Crippen LogP contribution in [-0.4, -0.2) is 28.0 Å². The minimum absolute atomic E-state index is 0.149. The normalized spacial score (nSPS) is 20.8. The molecule has 0 bridgehead atoms. The van der Waals surface area contributed by atoms with E-state index in [0.29, 0.717) is 24.0 Å². The Morgan fingerprint density at radius 2 is 2.39 bits per heavy atom. The van der Waals surface area contributed by atoms with E-state index in [0.717, 1.165) is 30.2 Å². The van der Waals surface area contributed by atoms with Crippen LogP contribution in [0.2, 0.25) is 0 Å². The number of rotatable bonds is 6. The van der Waals surface area contributed by atoms with Crippen LogP contribution < -0.4 is 11.1 Å². The van der Waals surface area contributed by atoms with Gasteiger partial charge in [-0.15, -0.1) is 0 Å². The Morgan fingerprint density at radius 1 is 1.52 bits per heavy atom. The molecule has 0 radical (unpaired) electrons. The fraction of sp³-hybridized carbons (Fsp3) is 0.500. The zero-order chi connectivity index (χ0) is 16.2. The second kappa shape index (κ2) is 7.23. The minimum Gasteiger partial charge on any atom is -0.455 e. The number of imidazole rings is 1. The Hall–Kier alpha value is -1.73. The quantitative estimate of drug-likeness (QED) is 0.791. The van der Waals surface area contributed by atoms with Crippen LogP contribution >= 0.6 is 11.8 Å². The molecular weight excluding hydrogens is 312 g/mol. The first-order chi connectivity index (χ1) is 11.2. The van der Waals surface area contributed by atoms with Crippen molar-refractivity contribution in [1.82, 2.24) is 14.9 Å². The molecule has 2 aromatic rings. The van der Waals surface area contributed by atoms with E-state index in [1.807, 2.05) is 23.9 Å². The molecule has 124 valence electrons. The number of thioether (sulfide) groups is 1. The van der Waals surface area contributed by atoms with Crippen molar-refractivity contribution in [2.75, 3.05) is 6.54 Å². The molecule has 0 spiro atoms. The summed E-state index contributed by atoms with van der Waals surface area (Å²) >= 11 is 1.58. The Kier molecular flexibility index (Phi) is 5.07. The zero-order valence-corrected chi connectivity index (χ0v) is 14.0. The van der Waals surface area contributed by atoms with Crippen LogP contribution in [0.3, 0.4) is 0 Å². The molecular formula is C16H22N4O2S. The molecule has 3 rings (SSSR count). The monoisotopic (exact) mass is 334 g/mol. The predicted molar refractivity (Wildman–Crippen MR) is 89.1 cm³/mol. The number of hydrogen-bond donors (Lipinski definition) is 2. The van der Waals surface area contributed by atoms with Gasteiger partial charge in [0.15, 0.2) is 10.9 Å². The van der Waals surface area contributed by atoms with E-state index in [1.165, 1.54) is 0 Å². The van der Waals surface area contributed by atoms with Gasteiger partial charge in [-0.05, 0) is 37.4 Å². The molecule has 2 heterocycles. The van der Waals surface area contributed by atoms with Gasteiger partial charge in [0, 0.05) is 25.5 Å². The molecule has 0 aliphatic heterocycles. The van der Waals surface area contributed by atoms with Crippen LogP contribution in [0.25, 0.3) is 0 Å². The molecule has 7 heteroatoms. The first-order valence-electron chi connectivity index (χ1n) is 7.87. The lowest BCUT2D eigenvalue weighted by Crippen LogP contribution is -2.39. The number of aryl methyl sites for hydroxylation is 1. The molecule has 1 amide bonds. The van der Waals surface area contributed by atoms with E-state index in [1.54, 1.807) is 24.0 Å². The van der Waals surface area contributed by atoms with Gasteiger partial charge in [0.25, 0.3) is 5.91 Å². The summed E-state index contributed by atoms with van der Waals surface area (Å²) in [6, 6.07) is 3.75. The second-order valence-corrected chi connectivity index (χ2v) is 6.82. The first-order valence-corrected chi connectivity index (χ1v) is 8.85. The number of carbonyl (C=O) groups is 1. The van der Waals surface area contributed by atoms with Gasteiger partial charge in [-0.1, -0.05) is 18.2 Å². The average Bonchev–Trinajstić information content (AvgIpc) is 3.26. The zero-order valence-electron chi connectivity index (χ0n) is 13.2. The summed E-state index contributed by atoms with van der Waals surface area (Å²) < 4.78 is 7.61. The highest BCUT2D eigenvalue weighted by Gasteiger charge is 2.28. The second-order valence-electron chi connectivity index (χ2n) is 5.88. The van der Waals surface area contributed by atoms with Crippen molar-refractivity contribution in [3.63, 3.8) is 0 Å². The van der Waals surface area contributed by atoms with Gasteiger partial charge in [0.1, 0.15) is 5.76 Å². The Balaban J connectivity index is 1.56. The lowest BCUT2D eigenvalue weighted by atomic mass is 10.0. The topological polar surface area (TPSA) is 86.1 Å². The van der Waals surface area contributed by atoms with E-state index in [2.05, 4.69) is 10.3 Å². The molecule has 0 aromatic carbocycles. The molecule has 23 heavy (non-hydrogen) atoms. The summed E-state index contributed by atoms with van der Waals surface area (Å²) in [5.41, 5.74) is 5.76. The molecule has 0 saturated heterocycles. The lowest BCUT2D eigenvalue weighted by molar-refractivity contribution is 0.0899. The van der Waals surface area contributed by atoms with Gasteiger partial charge in [0.2, 0.25) is 0 Å². The van der Waals surface area contributed by atoms with Crippen molar-refractivity contribution in [1.29, 1.82) is 0 Å². The molecule has 2 atom stereocenters. The number of nitrogens with one attached hydrogen (secondary N) is 1. The van der Waals surface area contributed by atoms with Gasteiger partial charge in [0.05, 0.1) is 5.75 Å². The molecule has 1 saturated carbocycles. The summed E-state index contributed by atoms with van der Waals surface area (Å²) in [6.07, 6.45) is 6.87. The van der Waals surface area contributed by atoms with Gasteiger partial charge in [-0.25, -0.2) is 4.98 Å². The number of carbonyl (C=O) groups excluding carboxylic acids is 1. The maximum atomic E-state index is 12.3. The predicted octanol–water partition coefficient (Wildman–Crippen LogP) is 2.16. The maximum absolute atomic E-state index is 12.3. The fourth-order valence-electron chi connectivity index (χ4n) is 2.95. The van der Waals surface area contributed by atoms with Crippen LogP contribution in [0.1, 0.15) is 35.6 Å². The minimum atomic E-state index is -0.149. The Morgan fingerprint density at radius 3 is 3.13 bits per heavy atom. The summed E-state index contributed by atoms with van der Waals surface area (Å²) in [6.45, 7) is 0.620. The number of amides is 1. The van der Waals surface area contributed by atoms with Crippen LogP contribution in [0.5, 0.6) is 0 Å². The molecule has 6 nitrogen and oxygen atoms in total. The van der Waals surface area contributed by atoms with Crippen LogP contribution in [0, 0.1) is 5.92 Å². The summed E-state index contributed by atoms with van der Waals surface area (Å²) in [5.74, 6) is 2.01.